The van der Waals surface area contributed by atoms with Crippen LogP contribution >= 0.6 is 11.3 Å². The van der Waals surface area contributed by atoms with Crippen LogP contribution in [0.25, 0.3) is 0 Å². The van der Waals surface area contributed by atoms with Crippen LogP contribution in [0.1, 0.15) is 34.8 Å². The topological polar surface area (TPSA) is 75.4 Å². The molecule has 0 aliphatic carbocycles. The van der Waals surface area contributed by atoms with E-state index in [9.17, 15) is 9.59 Å². The highest BCUT2D eigenvalue weighted by Crippen LogP contribution is 2.30. The van der Waals surface area contributed by atoms with Crippen LogP contribution in [0.4, 0.5) is 10.7 Å². The number of thiophene rings is 1. The van der Waals surface area contributed by atoms with Crippen molar-refractivity contribution in [1.29, 1.82) is 0 Å². The van der Waals surface area contributed by atoms with Crippen LogP contribution in [0.15, 0.2) is 29.6 Å². The highest BCUT2D eigenvalue weighted by Gasteiger charge is 2.27. The van der Waals surface area contributed by atoms with Crippen molar-refractivity contribution in [3.63, 3.8) is 0 Å². The lowest BCUT2D eigenvalue weighted by Crippen LogP contribution is -2.44. The van der Waals surface area contributed by atoms with Gasteiger partial charge >= 0.3 is 0 Å². The van der Waals surface area contributed by atoms with Crippen LogP contribution < -0.4 is 16.0 Å². The fourth-order valence-corrected chi connectivity index (χ4v) is 3.91. The van der Waals surface area contributed by atoms with E-state index in [0.29, 0.717) is 10.6 Å². The zero-order chi connectivity index (χ0) is 17.3. The van der Waals surface area contributed by atoms with Gasteiger partial charge in [0.25, 0.3) is 5.91 Å². The Labute approximate surface area is 145 Å². The molecule has 6 heteroatoms. The van der Waals surface area contributed by atoms with Crippen molar-refractivity contribution < 1.29 is 9.59 Å². The van der Waals surface area contributed by atoms with E-state index in [-0.39, 0.29) is 11.9 Å². The third kappa shape index (κ3) is 3.14. The second-order valence-corrected chi connectivity index (χ2v) is 7.04. The van der Waals surface area contributed by atoms with E-state index in [1.807, 2.05) is 6.92 Å². The molecule has 0 bridgehead atoms. The fourth-order valence-electron chi connectivity index (χ4n) is 3.12. The summed E-state index contributed by atoms with van der Waals surface area (Å²) in [7, 11) is 0. The molecule has 0 saturated heterocycles. The molecule has 1 aromatic heterocycles. The Hall–Kier alpha value is -2.34. The number of nitrogens with zero attached hydrogens (tertiary/aromatic N) is 1. The van der Waals surface area contributed by atoms with Gasteiger partial charge in [0.05, 0.1) is 5.56 Å². The molecule has 24 heavy (non-hydrogen) atoms. The van der Waals surface area contributed by atoms with E-state index in [4.69, 9.17) is 5.73 Å². The Kier molecular flexibility index (Phi) is 4.57. The first kappa shape index (κ1) is 16.5. The van der Waals surface area contributed by atoms with Crippen LogP contribution in [0.2, 0.25) is 0 Å². The van der Waals surface area contributed by atoms with E-state index in [1.54, 1.807) is 11.4 Å². The average Bonchev–Trinajstić information content (AvgIpc) is 3.01. The molecule has 3 rings (SSSR count). The summed E-state index contributed by atoms with van der Waals surface area (Å²) in [6, 6.07) is 7.66. The van der Waals surface area contributed by atoms with Gasteiger partial charge in [0.2, 0.25) is 5.91 Å². The first-order valence-electron chi connectivity index (χ1n) is 8.01. The number of benzene rings is 1. The lowest BCUT2D eigenvalue weighted by atomic mass is 9.98. The standard InChI is InChI=1S/C18H21N3O2S/c1-11-5-6-15-13(10-11)4-3-8-21(15)12(2)17(23)20-18-14(16(19)22)7-9-24-18/h5-7,9-10,12H,3-4,8H2,1-2H3,(H2,19,22)(H,20,23). The molecule has 0 saturated carbocycles. The van der Waals surface area contributed by atoms with Gasteiger partial charge in [-0.05, 0) is 49.8 Å². The maximum absolute atomic E-state index is 12.7. The van der Waals surface area contributed by atoms with E-state index >= 15 is 0 Å². The van der Waals surface area contributed by atoms with Crippen LogP contribution in [0, 0.1) is 6.92 Å². The van der Waals surface area contributed by atoms with E-state index in [2.05, 4.69) is 35.3 Å². The SMILES string of the molecule is Cc1ccc2c(c1)CCCN2C(C)C(=O)Nc1sccc1C(N)=O. The second kappa shape index (κ2) is 6.65. The lowest BCUT2D eigenvalue weighted by Gasteiger charge is -2.35. The minimum atomic E-state index is -0.530. The van der Waals surface area contributed by atoms with Gasteiger partial charge in [0.15, 0.2) is 0 Å². The predicted octanol–water partition coefficient (Wildman–Crippen LogP) is 2.94. The summed E-state index contributed by atoms with van der Waals surface area (Å²) in [6.45, 7) is 4.82. The Morgan fingerprint density at radius 1 is 1.33 bits per heavy atom. The van der Waals surface area contributed by atoms with Gasteiger partial charge in [0, 0.05) is 12.2 Å². The first-order valence-corrected chi connectivity index (χ1v) is 8.89. The molecule has 1 unspecified atom stereocenters. The molecule has 2 amide bonds. The summed E-state index contributed by atoms with van der Waals surface area (Å²) >= 11 is 1.31. The largest absolute Gasteiger partial charge is 0.366 e. The van der Waals surface area contributed by atoms with E-state index < -0.39 is 5.91 Å². The van der Waals surface area contributed by atoms with Gasteiger partial charge in [-0.25, -0.2) is 0 Å². The molecule has 0 fully saturated rings. The van der Waals surface area contributed by atoms with Crippen molar-refractivity contribution in [2.45, 2.75) is 32.7 Å². The maximum Gasteiger partial charge on any atom is 0.251 e. The number of hydrogen-bond acceptors (Lipinski definition) is 4. The zero-order valence-corrected chi connectivity index (χ0v) is 14.7. The number of hydrogen-bond donors (Lipinski definition) is 2. The number of aryl methyl sites for hydroxylation is 2. The molecule has 1 atom stereocenters. The maximum atomic E-state index is 12.7. The minimum absolute atomic E-state index is 0.131. The molecule has 1 aliphatic rings. The molecule has 0 radical (unpaired) electrons. The Balaban J connectivity index is 1.80. The highest BCUT2D eigenvalue weighted by molar-refractivity contribution is 7.14. The molecule has 126 valence electrons. The molecular formula is C18H21N3O2S. The molecule has 5 nitrogen and oxygen atoms in total. The highest BCUT2D eigenvalue weighted by atomic mass is 32.1. The van der Waals surface area contributed by atoms with Crippen molar-refractivity contribution >= 4 is 33.8 Å². The third-order valence-corrected chi connectivity index (χ3v) is 5.23. The molecule has 1 aliphatic heterocycles. The van der Waals surface area contributed by atoms with Gasteiger partial charge < -0.3 is 16.0 Å². The number of carbonyl (C=O) groups excluding carboxylic acids is 2. The molecule has 2 aromatic rings. The van der Waals surface area contributed by atoms with Crippen molar-refractivity contribution in [3.05, 3.63) is 46.3 Å². The molecular weight excluding hydrogens is 322 g/mol. The normalized spacial score (nSPS) is 14.8. The van der Waals surface area contributed by atoms with Crippen LogP contribution in [0.5, 0.6) is 0 Å². The fraction of sp³-hybridized carbons (Fsp3) is 0.333. The minimum Gasteiger partial charge on any atom is -0.366 e. The number of fused-ring (bicyclic) bond motifs is 1. The number of amides is 2. The predicted molar refractivity (Wildman–Crippen MR) is 97.8 cm³/mol. The first-order chi connectivity index (χ1) is 11.5. The smallest absolute Gasteiger partial charge is 0.251 e. The Morgan fingerprint density at radius 2 is 2.12 bits per heavy atom. The van der Waals surface area contributed by atoms with Crippen molar-refractivity contribution in [2.75, 3.05) is 16.8 Å². The second-order valence-electron chi connectivity index (χ2n) is 6.12. The lowest BCUT2D eigenvalue weighted by molar-refractivity contribution is -0.117. The van der Waals surface area contributed by atoms with Crippen LogP contribution in [-0.2, 0) is 11.2 Å². The summed E-state index contributed by atoms with van der Waals surface area (Å²) in [5.74, 6) is -0.661. The number of carbonyl (C=O) groups is 2. The quantitative estimate of drug-likeness (QED) is 0.896. The molecule has 2 heterocycles. The number of rotatable bonds is 4. The number of anilines is 2. The summed E-state index contributed by atoms with van der Waals surface area (Å²) in [6.07, 6.45) is 2.07. The van der Waals surface area contributed by atoms with Gasteiger partial charge in [-0.3, -0.25) is 9.59 Å². The van der Waals surface area contributed by atoms with Crippen molar-refractivity contribution in [1.82, 2.24) is 0 Å². The molecule has 1 aromatic carbocycles. The molecule has 3 N–H and O–H groups in total. The Morgan fingerprint density at radius 3 is 2.88 bits per heavy atom. The van der Waals surface area contributed by atoms with Gasteiger partial charge in [0.1, 0.15) is 11.0 Å². The zero-order valence-electron chi connectivity index (χ0n) is 13.8. The number of primary amides is 1. The summed E-state index contributed by atoms with van der Waals surface area (Å²) < 4.78 is 0. The summed E-state index contributed by atoms with van der Waals surface area (Å²) in [4.78, 5) is 26.2. The molecule has 0 spiro atoms. The van der Waals surface area contributed by atoms with Gasteiger partial charge in [-0.2, -0.15) is 0 Å². The van der Waals surface area contributed by atoms with E-state index in [1.165, 1.54) is 22.5 Å². The number of nitrogens with two attached hydrogens (primary N) is 1. The van der Waals surface area contributed by atoms with Gasteiger partial charge in [-0.15, -0.1) is 11.3 Å². The van der Waals surface area contributed by atoms with Gasteiger partial charge in [-0.1, -0.05) is 17.7 Å². The summed E-state index contributed by atoms with van der Waals surface area (Å²) in [5, 5.41) is 5.11. The number of nitrogens with one attached hydrogen (secondary N) is 1. The average molecular weight is 343 g/mol. The van der Waals surface area contributed by atoms with E-state index in [0.717, 1.165) is 25.1 Å². The van der Waals surface area contributed by atoms with Crippen molar-refractivity contribution in [2.24, 2.45) is 5.73 Å². The third-order valence-electron chi connectivity index (χ3n) is 4.40. The Bertz CT molecular complexity index is 784. The van der Waals surface area contributed by atoms with Crippen molar-refractivity contribution in [3.8, 4) is 0 Å². The van der Waals surface area contributed by atoms with Crippen LogP contribution in [-0.4, -0.2) is 24.4 Å². The van der Waals surface area contributed by atoms with Crippen LogP contribution in [0.3, 0.4) is 0 Å². The summed E-state index contributed by atoms with van der Waals surface area (Å²) in [5.41, 5.74) is 9.34. The monoisotopic (exact) mass is 343 g/mol.